The maximum Gasteiger partial charge on any atom is 0.293 e. The van der Waals surface area contributed by atoms with Crippen LogP contribution in [0, 0.1) is 40.4 Å². The van der Waals surface area contributed by atoms with Gasteiger partial charge < -0.3 is 4.74 Å². The Morgan fingerprint density at radius 1 is 1.00 bits per heavy atom. The Morgan fingerprint density at radius 2 is 1.80 bits per heavy atom. The van der Waals surface area contributed by atoms with Crippen LogP contribution in [0.3, 0.4) is 0 Å². The molecule has 4 saturated carbocycles. The lowest BCUT2D eigenvalue weighted by Crippen LogP contribution is -2.58. The summed E-state index contributed by atoms with van der Waals surface area (Å²) in [6.07, 6.45) is 11.0. The minimum absolute atomic E-state index is 0.103. The number of ether oxygens (including phenoxy) is 1. The largest absolute Gasteiger partial charge is 0.464 e. The van der Waals surface area contributed by atoms with Crippen LogP contribution in [0.4, 0.5) is 0 Å². The van der Waals surface area contributed by atoms with Crippen LogP contribution in [-0.2, 0) is 14.3 Å². The lowest BCUT2D eigenvalue weighted by molar-refractivity contribution is -0.182. The number of hydrogen-bond acceptors (Lipinski definition) is 3. The van der Waals surface area contributed by atoms with Gasteiger partial charge in [-0.05, 0) is 93.8 Å². The maximum atomic E-state index is 12.2. The van der Waals surface area contributed by atoms with E-state index in [9.17, 15) is 9.59 Å². The molecule has 0 saturated heterocycles. The standard InChI is InChI=1S/C22H34O3/c1-14(24)17-9-10-18-16-8-7-15-5-4-6-20(25-13-23)22(15,3)19(16)11-12-21(17,18)2/h13,15-20H,4-12H2,1-3H3/t15-,16-,17+,18-,19-,20?,21+,22-/m0/s1. The third kappa shape index (κ3) is 2.36. The average Bonchev–Trinajstić information content (AvgIpc) is 2.93. The zero-order valence-electron chi connectivity index (χ0n) is 16.1. The molecule has 3 nitrogen and oxygen atoms in total. The van der Waals surface area contributed by atoms with E-state index in [1.54, 1.807) is 6.92 Å². The fourth-order valence-electron chi connectivity index (χ4n) is 8.24. The maximum absolute atomic E-state index is 12.2. The van der Waals surface area contributed by atoms with Crippen LogP contribution in [0.15, 0.2) is 0 Å². The van der Waals surface area contributed by atoms with E-state index >= 15 is 0 Å². The molecule has 140 valence electrons. The van der Waals surface area contributed by atoms with E-state index in [1.807, 2.05) is 0 Å². The fraction of sp³-hybridized carbons (Fsp3) is 0.909. The highest BCUT2D eigenvalue weighted by Gasteiger charge is 2.62. The molecule has 3 heteroatoms. The topological polar surface area (TPSA) is 43.4 Å². The molecule has 0 bridgehead atoms. The minimum Gasteiger partial charge on any atom is -0.464 e. The number of fused-ring (bicyclic) bond motifs is 5. The number of hydrogen-bond donors (Lipinski definition) is 0. The number of carbonyl (C=O) groups is 2. The van der Waals surface area contributed by atoms with Crippen molar-refractivity contribution in [2.75, 3.05) is 0 Å². The Hall–Kier alpha value is -0.860. The molecule has 4 aliphatic rings. The van der Waals surface area contributed by atoms with Crippen molar-refractivity contribution < 1.29 is 14.3 Å². The first-order valence-corrected chi connectivity index (χ1v) is 10.5. The lowest BCUT2D eigenvalue weighted by Gasteiger charge is -2.61. The van der Waals surface area contributed by atoms with Gasteiger partial charge in [0.05, 0.1) is 0 Å². The summed E-state index contributed by atoms with van der Waals surface area (Å²) in [6, 6.07) is 0. The van der Waals surface area contributed by atoms with Crippen LogP contribution in [0.5, 0.6) is 0 Å². The van der Waals surface area contributed by atoms with Crippen molar-refractivity contribution in [2.45, 2.75) is 84.7 Å². The predicted molar refractivity (Wildman–Crippen MR) is 96.8 cm³/mol. The first-order chi connectivity index (χ1) is 11.9. The first-order valence-electron chi connectivity index (χ1n) is 10.5. The van der Waals surface area contributed by atoms with Crippen molar-refractivity contribution in [3.8, 4) is 0 Å². The van der Waals surface area contributed by atoms with E-state index in [1.165, 1.54) is 44.9 Å². The second-order valence-corrected chi connectivity index (χ2v) is 9.95. The second kappa shape index (κ2) is 6.09. The van der Waals surface area contributed by atoms with E-state index in [2.05, 4.69) is 13.8 Å². The van der Waals surface area contributed by atoms with Crippen LogP contribution >= 0.6 is 0 Å². The van der Waals surface area contributed by atoms with E-state index < -0.39 is 0 Å². The summed E-state index contributed by atoms with van der Waals surface area (Å²) in [5.74, 6) is 3.47. The van der Waals surface area contributed by atoms with Gasteiger partial charge in [0.25, 0.3) is 6.47 Å². The van der Waals surface area contributed by atoms with Gasteiger partial charge in [0, 0.05) is 11.3 Å². The molecule has 4 rings (SSSR count). The molecule has 0 radical (unpaired) electrons. The molecular formula is C22H34O3. The van der Waals surface area contributed by atoms with Crippen LogP contribution in [0.25, 0.3) is 0 Å². The van der Waals surface area contributed by atoms with Crippen molar-refractivity contribution in [3.05, 3.63) is 0 Å². The van der Waals surface area contributed by atoms with E-state index in [0.29, 0.717) is 30.0 Å². The van der Waals surface area contributed by atoms with Gasteiger partial charge >= 0.3 is 0 Å². The lowest BCUT2D eigenvalue weighted by atomic mass is 9.44. The highest BCUT2D eigenvalue weighted by Crippen LogP contribution is 2.67. The average molecular weight is 347 g/mol. The molecule has 1 unspecified atom stereocenters. The summed E-state index contributed by atoms with van der Waals surface area (Å²) in [5.41, 5.74) is 0.365. The number of ketones is 1. The quantitative estimate of drug-likeness (QED) is 0.691. The van der Waals surface area contributed by atoms with E-state index in [4.69, 9.17) is 4.74 Å². The third-order valence-electron chi connectivity index (χ3n) is 9.39. The molecule has 0 aliphatic heterocycles. The molecular weight excluding hydrogens is 312 g/mol. The van der Waals surface area contributed by atoms with Crippen LogP contribution in [-0.4, -0.2) is 18.4 Å². The molecule has 0 amide bonds. The first kappa shape index (κ1) is 17.5. The van der Waals surface area contributed by atoms with Gasteiger partial charge in [-0.1, -0.05) is 13.8 Å². The summed E-state index contributed by atoms with van der Waals surface area (Å²) in [5, 5.41) is 0. The van der Waals surface area contributed by atoms with Crippen molar-refractivity contribution in [1.82, 2.24) is 0 Å². The Balaban J connectivity index is 1.66. The van der Waals surface area contributed by atoms with Crippen molar-refractivity contribution >= 4 is 12.3 Å². The van der Waals surface area contributed by atoms with E-state index in [0.717, 1.165) is 18.8 Å². The summed E-state index contributed by atoms with van der Waals surface area (Å²) in [6.45, 7) is 7.33. The summed E-state index contributed by atoms with van der Waals surface area (Å²) < 4.78 is 5.67. The Morgan fingerprint density at radius 3 is 2.52 bits per heavy atom. The van der Waals surface area contributed by atoms with Gasteiger partial charge in [-0.2, -0.15) is 0 Å². The number of Topliss-reactive ketones (excluding diaryl/α,β-unsaturated/α-hetero) is 1. The summed E-state index contributed by atoms with van der Waals surface area (Å²) in [7, 11) is 0. The molecule has 0 N–H and O–H groups in total. The highest BCUT2D eigenvalue weighted by molar-refractivity contribution is 5.79. The van der Waals surface area contributed by atoms with Gasteiger partial charge in [0.15, 0.2) is 0 Å². The highest BCUT2D eigenvalue weighted by atomic mass is 16.5. The number of rotatable bonds is 3. The molecule has 25 heavy (non-hydrogen) atoms. The van der Waals surface area contributed by atoms with Gasteiger partial charge in [-0.25, -0.2) is 0 Å². The van der Waals surface area contributed by atoms with Gasteiger partial charge in [-0.3, -0.25) is 9.59 Å². The molecule has 0 heterocycles. The molecule has 0 spiro atoms. The monoisotopic (exact) mass is 346 g/mol. The van der Waals surface area contributed by atoms with Crippen LogP contribution < -0.4 is 0 Å². The zero-order chi connectivity index (χ0) is 17.8. The third-order valence-corrected chi connectivity index (χ3v) is 9.39. The van der Waals surface area contributed by atoms with Crippen molar-refractivity contribution in [3.63, 3.8) is 0 Å². The normalized spacial score (nSPS) is 51.8. The van der Waals surface area contributed by atoms with Crippen molar-refractivity contribution in [2.24, 2.45) is 40.4 Å². The number of carbonyl (C=O) groups excluding carboxylic acids is 2. The van der Waals surface area contributed by atoms with Gasteiger partial charge in [-0.15, -0.1) is 0 Å². The summed E-state index contributed by atoms with van der Waals surface area (Å²) in [4.78, 5) is 23.4. The SMILES string of the molecule is CC(=O)[C@H]1CC[C@H]2[C@@H]3CC[C@@H]4CCCC(OC=O)[C@]4(C)[C@H]3CC[C@]12C. The Kier molecular flexibility index (Phi) is 4.28. The fourth-order valence-corrected chi connectivity index (χ4v) is 8.24. The molecule has 8 atom stereocenters. The van der Waals surface area contributed by atoms with Gasteiger partial charge in [0.2, 0.25) is 0 Å². The van der Waals surface area contributed by atoms with Crippen LogP contribution in [0.2, 0.25) is 0 Å². The smallest absolute Gasteiger partial charge is 0.293 e. The van der Waals surface area contributed by atoms with Crippen molar-refractivity contribution in [1.29, 1.82) is 0 Å². The molecule has 4 fully saturated rings. The Bertz CT molecular complexity index is 557. The zero-order valence-corrected chi connectivity index (χ0v) is 16.1. The summed E-state index contributed by atoms with van der Waals surface area (Å²) >= 11 is 0. The van der Waals surface area contributed by atoms with Crippen LogP contribution in [0.1, 0.15) is 78.6 Å². The molecule has 0 aromatic carbocycles. The minimum atomic E-state index is 0.103. The molecule has 0 aromatic rings. The molecule has 0 aromatic heterocycles. The second-order valence-electron chi connectivity index (χ2n) is 9.95. The Labute approximate surface area is 152 Å². The van der Waals surface area contributed by atoms with E-state index in [-0.39, 0.29) is 22.9 Å². The predicted octanol–water partition coefficient (Wildman–Crippen LogP) is 4.78. The molecule has 4 aliphatic carbocycles. The van der Waals surface area contributed by atoms with Gasteiger partial charge in [0.1, 0.15) is 11.9 Å².